The molecule has 0 spiro atoms. The van der Waals surface area contributed by atoms with Gasteiger partial charge in [-0.3, -0.25) is 9.59 Å². The highest BCUT2D eigenvalue weighted by molar-refractivity contribution is 6.04. The van der Waals surface area contributed by atoms with Crippen LogP contribution in [0.25, 0.3) is 5.69 Å². The lowest BCUT2D eigenvalue weighted by molar-refractivity contribution is -0.118. The lowest BCUT2D eigenvalue weighted by Gasteiger charge is -2.33. The van der Waals surface area contributed by atoms with Crippen molar-refractivity contribution in [3.8, 4) is 5.69 Å². The van der Waals surface area contributed by atoms with Gasteiger partial charge in [-0.15, -0.1) is 0 Å². The van der Waals surface area contributed by atoms with Gasteiger partial charge < -0.3 is 10.6 Å². The van der Waals surface area contributed by atoms with Crippen LogP contribution in [0, 0.1) is 13.8 Å². The van der Waals surface area contributed by atoms with Gasteiger partial charge in [-0.1, -0.05) is 66.2 Å². The predicted octanol–water partition coefficient (Wildman–Crippen LogP) is 4.37. The third-order valence-electron chi connectivity index (χ3n) is 6.00. The SMILES string of the molecule is Cc1cccc([C@H]2c3c(C)nn(-c4ccccc4)c3NC(=O)[C@H]2NC(=O)c2ccccc2)c1. The highest BCUT2D eigenvalue weighted by Gasteiger charge is 2.41. The van der Waals surface area contributed by atoms with E-state index in [9.17, 15) is 9.59 Å². The highest BCUT2D eigenvalue weighted by atomic mass is 16.2. The molecular formula is C27H24N4O2. The summed E-state index contributed by atoms with van der Waals surface area (Å²) in [6.07, 6.45) is 0. The van der Waals surface area contributed by atoms with Gasteiger partial charge in [0.05, 0.1) is 11.4 Å². The van der Waals surface area contributed by atoms with E-state index in [4.69, 9.17) is 5.10 Å². The number of nitrogens with one attached hydrogen (secondary N) is 2. The number of amides is 2. The number of fused-ring (bicyclic) bond motifs is 1. The van der Waals surface area contributed by atoms with E-state index in [1.807, 2.05) is 68.4 Å². The van der Waals surface area contributed by atoms with Gasteiger partial charge in [0, 0.05) is 17.0 Å². The summed E-state index contributed by atoms with van der Waals surface area (Å²) in [7, 11) is 0. The first-order valence-corrected chi connectivity index (χ1v) is 10.9. The Morgan fingerprint density at radius 1 is 0.939 bits per heavy atom. The molecule has 0 fully saturated rings. The number of para-hydroxylation sites is 1. The van der Waals surface area contributed by atoms with Crippen molar-refractivity contribution in [3.63, 3.8) is 0 Å². The second-order valence-corrected chi connectivity index (χ2v) is 8.29. The zero-order valence-corrected chi connectivity index (χ0v) is 18.4. The summed E-state index contributed by atoms with van der Waals surface area (Å²) in [4.78, 5) is 26.4. The van der Waals surface area contributed by atoms with Crippen LogP contribution < -0.4 is 10.6 Å². The van der Waals surface area contributed by atoms with Crippen molar-refractivity contribution in [2.75, 3.05) is 5.32 Å². The third-order valence-corrected chi connectivity index (χ3v) is 6.00. The average Bonchev–Trinajstić information content (AvgIpc) is 3.16. The lowest BCUT2D eigenvalue weighted by Crippen LogP contribution is -2.50. The van der Waals surface area contributed by atoms with E-state index in [2.05, 4.69) is 16.7 Å². The smallest absolute Gasteiger partial charge is 0.251 e. The third kappa shape index (κ3) is 3.80. The number of anilines is 1. The Labute approximate surface area is 192 Å². The van der Waals surface area contributed by atoms with E-state index < -0.39 is 6.04 Å². The molecule has 6 heteroatoms. The molecular weight excluding hydrogens is 412 g/mol. The van der Waals surface area contributed by atoms with Crippen LogP contribution >= 0.6 is 0 Å². The number of hydrogen-bond acceptors (Lipinski definition) is 3. The van der Waals surface area contributed by atoms with Crippen LogP contribution in [-0.2, 0) is 4.79 Å². The van der Waals surface area contributed by atoms with Gasteiger partial charge >= 0.3 is 0 Å². The minimum absolute atomic E-state index is 0.268. The number of carbonyl (C=O) groups is 2. The summed E-state index contributed by atoms with van der Waals surface area (Å²) in [5, 5.41) is 10.8. The number of carbonyl (C=O) groups excluding carboxylic acids is 2. The number of rotatable bonds is 4. The Morgan fingerprint density at radius 2 is 1.64 bits per heavy atom. The molecule has 0 radical (unpaired) electrons. The molecule has 164 valence electrons. The first kappa shape index (κ1) is 20.7. The Balaban J connectivity index is 1.64. The molecule has 33 heavy (non-hydrogen) atoms. The van der Waals surface area contributed by atoms with Crippen molar-refractivity contribution in [1.29, 1.82) is 0 Å². The van der Waals surface area contributed by atoms with E-state index in [0.717, 1.165) is 28.1 Å². The molecule has 0 saturated carbocycles. The van der Waals surface area contributed by atoms with Crippen LogP contribution in [0.4, 0.5) is 5.82 Å². The van der Waals surface area contributed by atoms with Crippen LogP contribution in [0.3, 0.4) is 0 Å². The Morgan fingerprint density at radius 3 is 2.33 bits per heavy atom. The highest BCUT2D eigenvalue weighted by Crippen LogP contribution is 2.40. The molecule has 2 N–H and O–H groups in total. The number of aryl methyl sites for hydroxylation is 2. The maximum atomic E-state index is 13.4. The van der Waals surface area contributed by atoms with E-state index in [-0.39, 0.29) is 17.7 Å². The van der Waals surface area contributed by atoms with Crippen LogP contribution in [-0.4, -0.2) is 27.6 Å². The summed E-state index contributed by atoms with van der Waals surface area (Å²) < 4.78 is 1.76. The Hall–Kier alpha value is -4.19. The fourth-order valence-electron chi connectivity index (χ4n) is 4.49. The molecule has 1 aliphatic heterocycles. The fraction of sp³-hybridized carbons (Fsp3) is 0.148. The van der Waals surface area contributed by atoms with Crippen molar-refractivity contribution in [3.05, 3.63) is 113 Å². The molecule has 2 atom stereocenters. The molecule has 5 rings (SSSR count). The van der Waals surface area contributed by atoms with E-state index in [1.54, 1.807) is 28.9 Å². The molecule has 3 aromatic carbocycles. The molecule has 6 nitrogen and oxygen atoms in total. The fourth-order valence-corrected chi connectivity index (χ4v) is 4.49. The van der Waals surface area contributed by atoms with E-state index >= 15 is 0 Å². The van der Waals surface area contributed by atoms with Crippen LogP contribution in [0.5, 0.6) is 0 Å². The normalized spacial score (nSPS) is 17.2. The van der Waals surface area contributed by atoms with Crippen molar-refractivity contribution in [1.82, 2.24) is 15.1 Å². The second-order valence-electron chi connectivity index (χ2n) is 8.29. The van der Waals surface area contributed by atoms with Gasteiger partial charge in [-0.05, 0) is 43.7 Å². The van der Waals surface area contributed by atoms with Gasteiger partial charge in [-0.2, -0.15) is 5.10 Å². The van der Waals surface area contributed by atoms with Crippen molar-refractivity contribution in [2.24, 2.45) is 0 Å². The Bertz CT molecular complexity index is 1330. The molecule has 0 bridgehead atoms. The molecule has 2 amide bonds. The average molecular weight is 437 g/mol. The summed E-state index contributed by atoms with van der Waals surface area (Å²) in [5.41, 5.74) is 5.12. The maximum absolute atomic E-state index is 13.4. The largest absolute Gasteiger partial charge is 0.339 e. The van der Waals surface area contributed by atoms with E-state index in [0.29, 0.717) is 11.4 Å². The lowest BCUT2D eigenvalue weighted by atomic mass is 9.81. The summed E-state index contributed by atoms with van der Waals surface area (Å²) >= 11 is 0. The predicted molar refractivity (Wildman–Crippen MR) is 128 cm³/mol. The summed E-state index contributed by atoms with van der Waals surface area (Å²) in [6, 6.07) is 25.9. The first-order chi connectivity index (χ1) is 16.0. The summed E-state index contributed by atoms with van der Waals surface area (Å²) in [5.74, 6) is -0.292. The number of hydrogen-bond donors (Lipinski definition) is 2. The van der Waals surface area contributed by atoms with Crippen molar-refractivity contribution >= 4 is 17.6 Å². The van der Waals surface area contributed by atoms with Crippen LogP contribution in [0.2, 0.25) is 0 Å². The molecule has 0 unspecified atom stereocenters. The summed E-state index contributed by atoms with van der Waals surface area (Å²) in [6.45, 7) is 3.96. The molecule has 2 heterocycles. The molecule has 4 aromatic rings. The standard InChI is InChI=1S/C27H24N4O2/c1-17-10-9-13-20(16-17)23-22-18(2)30-31(21-14-7-4-8-15-21)25(22)29-27(33)24(23)28-26(32)19-11-5-3-6-12-19/h3-16,23-24H,1-2H3,(H,28,32)(H,29,33)/t23-,24-/m0/s1. The van der Waals surface area contributed by atoms with Gasteiger partial charge in [0.2, 0.25) is 5.91 Å². The Kier molecular flexibility index (Phi) is 5.26. The van der Waals surface area contributed by atoms with Gasteiger partial charge in [0.25, 0.3) is 5.91 Å². The molecule has 0 aliphatic carbocycles. The van der Waals surface area contributed by atoms with Gasteiger partial charge in [-0.25, -0.2) is 4.68 Å². The zero-order chi connectivity index (χ0) is 22.9. The monoisotopic (exact) mass is 436 g/mol. The van der Waals surface area contributed by atoms with E-state index in [1.165, 1.54) is 0 Å². The first-order valence-electron chi connectivity index (χ1n) is 10.9. The topological polar surface area (TPSA) is 76.0 Å². The quantitative estimate of drug-likeness (QED) is 0.499. The van der Waals surface area contributed by atoms with Crippen LogP contribution in [0.15, 0.2) is 84.9 Å². The second kappa shape index (κ2) is 8.39. The maximum Gasteiger partial charge on any atom is 0.251 e. The molecule has 1 aromatic heterocycles. The molecule has 0 saturated heterocycles. The zero-order valence-electron chi connectivity index (χ0n) is 18.4. The van der Waals surface area contributed by atoms with Gasteiger partial charge in [0.1, 0.15) is 11.9 Å². The minimum Gasteiger partial charge on any atom is -0.339 e. The van der Waals surface area contributed by atoms with Crippen molar-refractivity contribution in [2.45, 2.75) is 25.8 Å². The number of aromatic nitrogens is 2. The van der Waals surface area contributed by atoms with Crippen LogP contribution in [0.1, 0.15) is 38.7 Å². The van der Waals surface area contributed by atoms with Gasteiger partial charge in [0.15, 0.2) is 0 Å². The number of nitrogens with zero attached hydrogens (tertiary/aromatic N) is 2. The minimum atomic E-state index is -0.779. The number of benzene rings is 3. The molecule has 1 aliphatic rings. The van der Waals surface area contributed by atoms with Crippen molar-refractivity contribution < 1.29 is 9.59 Å².